The molecule has 0 radical (unpaired) electrons. The summed E-state index contributed by atoms with van der Waals surface area (Å²) in [7, 11) is -1.63. The number of nitrogens with zero attached hydrogens (tertiary/aromatic N) is 8. The SMILES string of the molecule is Cn1cc(C#Cc2cnc(Nc3ccnc(-c4cnn(S(=O)(=O)C5CC5)c4)n3)cc2N2CC[C@@H](O)C2)cn1. The summed E-state index contributed by atoms with van der Waals surface area (Å²) in [5, 5.41) is 21.1. The molecule has 2 aliphatic rings. The number of aliphatic hydroxyl groups is 1. The smallest absolute Gasteiger partial charge is 0.256 e. The van der Waals surface area contributed by atoms with E-state index in [1.54, 1.807) is 29.3 Å². The first-order valence-electron chi connectivity index (χ1n) is 12.2. The van der Waals surface area contributed by atoms with Crippen LogP contribution in [0.4, 0.5) is 17.3 Å². The molecule has 2 N–H and O–H groups in total. The number of β-amino-alcohol motifs (C(OH)–C–C–N with tert-alkyl or cyclic N) is 1. The van der Waals surface area contributed by atoms with Gasteiger partial charge in [-0.15, -0.1) is 0 Å². The average Bonchev–Trinajstić information content (AvgIpc) is 3.28. The number of aromatic nitrogens is 7. The zero-order valence-electron chi connectivity index (χ0n) is 20.6. The molecule has 4 aromatic heterocycles. The zero-order valence-corrected chi connectivity index (χ0v) is 21.4. The summed E-state index contributed by atoms with van der Waals surface area (Å²) >= 11 is 0. The third kappa shape index (κ3) is 4.96. The van der Waals surface area contributed by atoms with Crippen LogP contribution in [0.25, 0.3) is 11.4 Å². The Morgan fingerprint density at radius 3 is 2.66 bits per heavy atom. The summed E-state index contributed by atoms with van der Waals surface area (Å²) < 4.78 is 27.6. The van der Waals surface area contributed by atoms with Crippen molar-refractivity contribution in [2.75, 3.05) is 23.3 Å². The molecule has 0 aromatic carbocycles. The number of pyridine rings is 1. The van der Waals surface area contributed by atoms with Crippen LogP contribution >= 0.6 is 0 Å². The maximum atomic E-state index is 12.5. The van der Waals surface area contributed by atoms with Crippen LogP contribution in [0.2, 0.25) is 0 Å². The summed E-state index contributed by atoms with van der Waals surface area (Å²) in [5.74, 6) is 7.68. The lowest BCUT2D eigenvalue weighted by Crippen LogP contribution is -2.22. The van der Waals surface area contributed by atoms with Gasteiger partial charge in [0.25, 0.3) is 10.0 Å². The maximum Gasteiger partial charge on any atom is 0.256 e. The Morgan fingerprint density at radius 1 is 1.05 bits per heavy atom. The first-order valence-corrected chi connectivity index (χ1v) is 13.7. The van der Waals surface area contributed by atoms with Crippen LogP contribution in [-0.2, 0) is 17.1 Å². The maximum absolute atomic E-state index is 12.5. The van der Waals surface area contributed by atoms with Crippen molar-refractivity contribution in [2.24, 2.45) is 7.05 Å². The van der Waals surface area contributed by atoms with E-state index in [2.05, 4.69) is 47.2 Å². The molecule has 1 aliphatic heterocycles. The van der Waals surface area contributed by atoms with Crippen molar-refractivity contribution in [1.29, 1.82) is 0 Å². The Labute approximate surface area is 219 Å². The van der Waals surface area contributed by atoms with Crippen molar-refractivity contribution in [3.05, 3.63) is 60.4 Å². The zero-order chi connectivity index (χ0) is 26.3. The molecule has 0 amide bonds. The van der Waals surface area contributed by atoms with Crippen LogP contribution in [0.1, 0.15) is 30.4 Å². The van der Waals surface area contributed by atoms with E-state index < -0.39 is 16.1 Å². The summed E-state index contributed by atoms with van der Waals surface area (Å²) in [6, 6.07) is 3.58. The van der Waals surface area contributed by atoms with Gasteiger partial charge in [-0.05, 0) is 25.3 Å². The second kappa shape index (κ2) is 9.55. The third-order valence-corrected chi connectivity index (χ3v) is 8.40. The standard InChI is InChI=1S/C25H25N9O3S/c1-32-14-17(11-28-32)2-3-18-12-27-24(10-22(18)33-9-7-20(35)16-33)30-23-6-8-26-25(31-23)19-13-29-34(15-19)38(36,37)21-4-5-21/h6,8,10-15,20-21,35H,4-5,7,9,16H2,1H3,(H,26,27,30,31)/t20-/m1/s1. The first-order chi connectivity index (χ1) is 18.3. The van der Waals surface area contributed by atoms with Gasteiger partial charge in [0.05, 0.1) is 52.3 Å². The molecule has 0 spiro atoms. The fourth-order valence-electron chi connectivity index (χ4n) is 4.23. The van der Waals surface area contributed by atoms with Crippen molar-refractivity contribution in [2.45, 2.75) is 30.6 Å². The van der Waals surface area contributed by atoms with Crippen LogP contribution < -0.4 is 10.2 Å². The van der Waals surface area contributed by atoms with Gasteiger partial charge in [-0.1, -0.05) is 11.8 Å². The topological polar surface area (TPSA) is 144 Å². The van der Waals surface area contributed by atoms with E-state index in [0.29, 0.717) is 55.4 Å². The molecule has 0 bridgehead atoms. The summed E-state index contributed by atoms with van der Waals surface area (Å²) in [6.07, 6.45) is 11.3. The van der Waals surface area contributed by atoms with E-state index in [1.807, 2.05) is 19.3 Å². The molecule has 6 rings (SSSR count). The Morgan fingerprint density at radius 2 is 1.92 bits per heavy atom. The van der Waals surface area contributed by atoms with E-state index in [4.69, 9.17) is 0 Å². The highest BCUT2D eigenvalue weighted by Crippen LogP contribution is 2.31. The lowest BCUT2D eigenvalue weighted by atomic mass is 10.2. The molecule has 1 saturated carbocycles. The first kappa shape index (κ1) is 24.1. The predicted octanol–water partition coefficient (Wildman–Crippen LogP) is 1.52. The second-order valence-corrected chi connectivity index (χ2v) is 11.4. The normalized spacial score (nSPS) is 17.3. The molecule has 1 aliphatic carbocycles. The van der Waals surface area contributed by atoms with Crippen LogP contribution in [0, 0.1) is 11.8 Å². The lowest BCUT2D eigenvalue weighted by Gasteiger charge is -2.20. The Balaban J connectivity index is 1.27. The number of aryl methyl sites for hydroxylation is 1. The minimum atomic E-state index is -3.47. The molecule has 12 nitrogen and oxygen atoms in total. The van der Waals surface area contributed by atoms with Crippen molar-refractivity contribution in [3.8, 4) is 23.2 Å². The van der Waals surface area contributed by atoms with Gasteiger partial charge < -0.3 is 15.3 Å². The van der Waals surface area contributed by atoms with Crippen LogP contribution in [-0.4, -0.2) is 71.9 Å². The number of anilines is 3. The van der Waals surface area contributed by atoms with Gasteiger partial charge in [-0.2, -0.15) is 14.3 Å². The molecule has 13 heteroatoms. The third-order valence-electron chi connectivity index (χ3n) is 6.37. The highest BCUT2D eigenvalue weighted by atomic mass is 32.2. The molecule has 1 saturated heterocycles. The molecule has 0 unspecified atom stereocenters. The molecule has 1 atom stereocenters. The number of hydrogen-bond acceptors (Lipinski definition) is 10. The van der Waals surface area contributed by atoms with Gasteiger partial charge >= 0.3 is 0 Å². The number of nitrogens with one attached hydrogen (secondary N) is 1. The van der Waals surface area contributed by atoms with Gasteiger partial charge in [0.15, 0.2) is 5.82 Å². The van der Waals surface area contributed by atoms with Gasteiger partial charge in [-0.25, -0.2) is 23.4 Å². The monoisotopic (exact) mass is 531 g/mol. The number of rotatable bonds is 6. The fourth-order valence-corrected chi connectivity index (χ4v) is 5.71. The Bertz CT molecular complexity index is 1660. The predicted molar refractivity (Wildman–Crippen MR) is 140 cm³/mol. The fraction of sp³-hybridized carbons (Fsp3) is 0.320. The van der Waals surface area contributed by atoms with E-state index in [-0.39, 0.29) is 5.25 Å². The molecule has 38 heavy (non-hydrogen) atoms. The quantitative estimate of drug-likeness (QED) is 0.351. The molecule has 4 aromatic rings. The summed E-state index contributed by atoms with van der Waals surface area (Å²) in [5.41, 5.74) is 2.89. The molecular formula is C25H25N9O3S. The summed E-state index contributed by atoms with van der Waals surface area (Å²) in [4.78, 5) is 15.4. The van der Waals surface area contributed by atoms with Crippen molar-refractivity contribution >= 4 is 27.3 Å². The molecule has 194 valence electrons. The van der Waals surface area contributed by atoms with E-state index in [9.17, 15) is 13.5 Å². The van der Waals surface area contributed by atoms with E-state index in [1.165, 1.54) is 12.4 Å². The van der Waals surface area contributed by atoms with Crippen LogP contribution in [0.5, 0.6) is 0 Å². The Kier molecular flexibility index (Phi) is 6.05. The minimum absolute atomic E-state index is 0.342. The van der Waals surface area contributed by atoms with Crippen molar-refractivity contribution < 1.29 is 13.5 Å². The number of hydrogen-bond donors (Lipinski definition) is 2. The molecular weight excluding hydrogens is 506 g/mol. The second-order valence-electron chi connectivity index (χ2n) is 9.36. The summed E-state index contributed by atoms with van der Waals surface area (Å²) in [6.45, 7) is 1.22. The van der Waals surface area contributed by atoms with E-state index in [0.717, 1.165) is 20.9 Å². The average molecular weight is 532 g/mol. The van der Waals surface area contributed by atoms with Gasteiger partial charge in [0, 0.05) is 44.8 Å². The highest BCUT2D eigenvalue weighted by Gasteiger charge is 2.37. The van der Waals surface area contributed by atoms with E-state index >= 15 is 0 Å². The largest absolute Gasteiger partial charge is 0.391 e. The van der Waals surface area contributed by atoms with Crippen molar-refractivity contribution in [1.82, 2.24) is 33.9 Å². The number of aliphatic hydroxyl groups excluding tert-OH is 1. The van der Waals surface area contributed by atoms with Crippen LogP contribution in [0.15, 0.2) is 49.3 Å². The minimum Gasteiger partial charge on any atom is -0.391 e. The van der Waals surface area contributed by atoms with Gasteiger partial charge in [0.2, 0.25) is 0 Å². The van der Waals surface area contributed by atoms with Gasteiger partial charge in [-0.3, -0.25) is 4.68 Å². The molecule has 2 fully saturated rings. The van der Waals surface area contributed by atoms with Crippen LogP contribution in [0.3, 0.4) is 0 Å². The van der Waals surface area contributed by atoms with Gasteiger partial charge in [0.1, 0.15) is 11.6 Å². The lowest BCUT2D eigenvalue weighted by molar-refractivity contribution is 0.198. The molecule has 5 heterocycles. The highest BCUT2D eigenvalue weighted by molar-refractivity contribution is 7.90. The Hall–Kier alpha value is -4.28. The van der Waals surface area contributed by atoms with Crippen molar-refractivity contribution in [3.63, 3.8) is 0 Å².